The lowest BCUT2D eigenvalue weighted by molar-refractivity contribution is 0.673. The maximum Gasteiger partial charge on any atom is 0.144 e. The van der Waals surface area contributed by atoms with Crippen molar-refractivity contribution in [3.8, 4) is 11.3 Å². The normalized spacial score (nSPS) is 13.8. The molecule has 0 aliphatic heterocycles. The molecule has 0 N–H and O–H groups in total. The lowest BCUT2D eigenvalue weighted by Gasteiger charge is -2.05. The molecular formula is C27H19NO. The molecule has 0 unspecified atom stereocenters. The van der Waals surface area contributed by atoms with Crippen LogP contribution in [0, 0.1) is 13.8 Å². The van der Waals surface area contributed by atoms with Gasteiger partial charge in [-0.3, -0.25) is 4.98 Å². The van der Waals surface area contributed by atoms with Gasteiger partial charge in [-0.05, 0) is 65.3 Å². The highest BCUT2D eigenvalue weighted by atomic mass is 16.3. The number of aryl methyl sites for hydroxylation is 2. The van der Waals surface area contributed by atoms with E-state index in [1.165, 1.54) is 10.8 Å². The van der Waals surface area contributed by atoms with Crippen LogP contribution in [0.3, 0.4) is 0 Å². The smallest absolute Gasteiger partial charge is 0.144 e. The van der Waals surface area contributed by atoms with Crippen molar-refractivity contribution in [3.05, 3.63) is 90.1 Å². The van der Waals surface area contributed by atoms with Crippen molar-refractivity contribution in [3.63, 3.8) is 0 Å². The number of furan rings is 1. The molecule has 0 amide bonds. The summed E-state index contributed by atoms with van der Waals surface area (Å²) in [6, 6.07) is 24.4. The summed E-state index contributed by atoms with van der Waals surface area (Å²) in [6.45, 7) is -0.419. The molecule has 2 nitrogen and oxygen atoms in total. The van der Waals surface area contributed by atoms with E-state index in [2.05, 4.69) is 41.4 Å². The van der Waals surface area contributed by atoms with Crippen LogP contribution in [0.25, 0.3) is 54.7 Å². The van der Waals surface area contributed by atoms with Crippen LogP contribution in [-0.4, -0.2) is 4.98 Å². The van der Waals surface area contributed by atoms with E-state index in [0.29, 0.717) is 16.8 Å². The van der Waals surface area contributed by atoms with Gasteiger partial charge in [0, 0.05) is 32.0 Å². The Bertz CT molecular complexity index is 1680. The van der Waals surface area contributed by atoms with Crippen molar-refractivity contribution in [1.82, 2.24) is 4.98 Å². The van der Waals surface area contributed by atoms with E-state index in [-0.39, 0.29) is 0 Å². The first-order valence-electron chi connectivity index (χ1n) is 11.1. The summed E-state index contributed by atoms with van der Waals surface area (Å²) < 4.78 is 30.1. The molecule has 0 radical (unpaired) electrons. The maximum atomic E-state index is 7.86. The van der Waals surface area contributed by atoms with E-state index >= 15 is 0 Å². The van der Waals surface area contributed by atoms with E-state index < -0.39 is 6.85 Å². The summed E-state index contributed by atoms with van der Waals surface area (Å²) in [5.74, 6) is 0. The molecule has 0 atom stereocenters. The number of nitrogens with zero attached hydrogens (tertiary/aromatic N) is 1. The quantitative estimate of drug-likeness (QED) is 0.277. The molecule has 0 aliphatic carbocycles. The van der Waals surface area contributed by atoms with Gasteiger partial charge in [-0.2, -0.15) is 0 Å². The Balaban J connectivity index is 1.67. The van der Waals surface area contributed by atoms with Gasteiger partial charge < -0.3 is 4.42 Å². The van der Waals surface area contributed by atoms with E-state index in [1.54, 1.807) is 19.2 Å². The largest absolute Gasteiger partial charge is 0.455 e. The second-order valence-corrected chi connectivity index (χ2v) is 7.49. The topological polar surface area (TPSA) is 26.0 Å². The number of pyridine rings is 1. The van der Waals surface area contributed by atoms with Crippen molar-refractivity contribution in [2.75, 3.05) is 0 Å². The van der Waals surface area contributed by atoms with Crippen LogP contribution in [0.1, 0.15) is 15.2 Å². The van der Waals surface area contributed by atoms with Crippen LogP contribution in [0.5, 0.6) is 0 Å². The fraction of sp³-hybridized carbons (Fsp3) is 0.0741. The molecule has 0 saturated carbocycles. The van der Waals surface area contributed by atoms with Crippen LogP contribution in [-0.2, 0) is 0 Å². The van der Waals surface area contributed by atoms with Gasteiger partial charge in [0.25, 0.3) is 0 Å². The van der Waals surface area contributed by atoms with Crippen LogP contribution in [0.2, 0.25) is 0 Å². The first kappa shape index (κ1) is 13.5. The van der Waals surface area contributed by atoms with E-state index in [0.717, 1.165) is 38.3 Å². The Labute approximate surface area is 172 Å². The molecule has 29 heavy (non-hydrogen) atoms. The number of para-hydroxylation sites is 1. The average molecular weight is 376 g/mol. The van der Waals surface area contributed by atoms with Gasteiger partial charge in [-0.1, -0.05) is 48.5 Å². The summed E-state index contributed by atoms with van der Waals surface area (Å²) in [7, 11) is 0. The monoisotopic (exact) mass is 376 g/mol. The minimum atomic E-state index is -2.19. The van der Waals surface area contributed by atoms with Gasteiger partial charge in [-0.15, -0.1) is 0 Å². The van der Waals surface area contributed by atoms with Crippen molar-refractivity contribution < 1.29 is 8.53 Å². The van der Waals surface area contributed by atoms with Crippen molar-refractivity contribution in [2.45, 2.75) is 13.8 Å². The van der Waals surface area contributed by atoms with Gasteiger partial charge in [0.2, 0.25) is 0 Å². The van der Waals surface area contributed by atoms with Crippen molar-refractivity contribution >= 4 is 43.5 Å². The zero-order valence-corrected chi connectivity index (χ0v) is 15.9. The Morgan fingerprint density at radius 2 is 1.48 bits per heavy atom. The Kier molecular flexibility index (Phi) is 2.76. The minimum Gasteiger partial charge on any atom is -0.455 e. The molecular weight excluding hydrogens is 354 g/mol. The number of fused-ring (bicyclic) bond motifs is 7. The third-order valence-corrected chi connectivity index (χ3v) is 5.77. The first-order chi connectivity index (χ1) is 15.4. The van der Waals surface area contributed by atoms with Gasteiger partial charge in [0.15, 0.2) is 0 Å². The fourth-order valence-electron chi connectivity index (χ4n) is 4.22. The number of hydrogen-bond acceptors (Lipinski definition) is 2. The molecule has 138 valence electrons. The van der Waals surface area contributed by atoms with Crippen molar-refractivity contribution in [2.24, 2.45) is 0 Å². The predicted molar refractivity (Wildman–Crippen MR) is 121 cm³/mol. The molecule has 0 aliphatic rings. The molecule has 2 aromatic heterocycles. The molecule has 0 fully saturated rings. The summed E-state index contributed by atoms with van der Waals surface area (Å²) in [5.41, 5.74) is 3.91. The van der Waals surface area contributed by atoms with E-state index in [1.807, 2.05) is 30.3 Å². The van der Waals surface area contributed by atoms with Gasteiger partial charge in [0.05, 0.1) is 5.69 Å². The second kappa shape index (κ2) is 5.92. The number of benzene rings is 4. The van der Waals surface area contributed by atoms with Gasteiger partial charge >= 0.3 is 0 Å². The van der Waals surface area contributed by atoms with Crippen LogP contribution in [0.15, 0.2) is 83.4 Å². The molecule has 2 heterocycles. The van der Waals surface area contributed by atoms with Crippen LogP contribution >= 0.6 is 0 Å². The summed E-state index contributed by atoms with van der Waals surface area (Å²) >= 11 is 0. The SMILES string of the molecule is [2H]C([2H])([2H])c1cc(-c2cccc3c2oc2c3ccc3c4ccccc4ccc32)ncc1C. The lowest BCUT2D eigenvalue weighted by atomic mass is 9.99. The van der Waals surface area contributed by atoms with Gasteiger partial charge in [0.1, 0.15) is 11.2 Å². The molecule has 0 saturated heterocycles. The van der Waals surface area contributed by atoms with E-state index in [9.17, 15) is 0 Å². The third-order valence-electron chi connectivity index (χ3n) is 5.77. The van der Waals surface area contributed by atoms with Crippen LogP contribution < -0.4 is 0 Å². The standard InChI is InChI=1S/C27H19NO/c1-16-14-25(28-15-17(16)2)24-9-5-8-21-23-13-12-20-19-7-4-3-6-18(19)10-11-22(20)26(23)29-27(21)24/h3-15H,1-2H3/i1D3. The Morgan fingerprint density at radius 1 is 0.724 bits per heavy atom. The first-order valence-corrected chi connectivity index (χ1v) is 9.65. The molecule has 6 rings (SSSR count). The van der Waals surface area contributed by atoms with Gasteiger partial charge in [-0.25, -0.2) is 0 Å². The summed E-state index contributed by atoms with van der Waals surface area (Å²) in [4.78, 5) is 4.54. The minimum absolute atomic E-state index is 0.313. The zero-order valence-electron chi connectivity index (χ0n) is 18.9. The maximum absolute atomic E-state index is 7.86. The van der Waals surface area contributed by atoms with Crippen LogP contribution in [0.4, 0.5) is 0 Å². The average Bonchev–Trinajstić information content (AvgIpc) is 3.18. The highest BCUT2D eigenvalue weighted by molar-refractivity contribution is 6.21. The summed E-state index contributed by atoms with van der Waals surface area (Å²) in [6.07, 6.45) is 1.63. The molecule has 0 bridgehead atoms. The molecule has 4 aromatic carbocycles. The van der Waals surface area contributed by atoms with Crippen molar-refractivity contribution in [1.29, 1.82) is 0 Å². The fourth-order valence-corrected chi connectivity index (χ4v) is 4.22. The number of aromatic nitrogens is 1. The van der Waals surface area contributed by atoms with E-state index in [4.69, 9.17) is 8.53 Å². The Morgan fingerprint density at radius 3 is 2.41 bits per heavy atom. The number of rotatable bonds is 1. The lowest BCUT2D eigenvalue weighted by Crippen LogP contribution is -1.88. The second-order valence-electron chi connectivity index (χ2n) is 7.49. The molecule has 6 aromatic rings. The molecule has 2 heteroatoms. The third kappa shape index (κ3) is 2.32. The Hall–Kier alpha value is -3.65. The zero-order chi connectivity index (χ0) is 22.0. The number of hydrogen-bond donors (Lipinski definition) is 0. The highest BCUT2D eigenvalue weighted by Gasteiger charge is 2.15. The molecule has 0 spiro atoms. The summed E-state index contributed by atoms with van der Waals surface area (Å²) in [5, 5.41) is 6.61. The predicted octanol–water partition coefficient (Wildman–Crippen LogP) is 7.57. The highest BCUT2D eigenvalue weighted by Crippen LogP contribution is 2.39.